The van der Waals surface area contributed by atoms with Gasteiger partial charge in [-0.15, -0.1) is 0 Å². The first-order chi connectivity index (χ1) is 12.0. The van der Waals surface area contributed by atoms with Crippen LogP contribution in [0.5, 0.6) is 0 Å². The molecule has 1 saturated heterocycles. The molecular weight excluding hydrogens is 316 g/mol. The summed E-state index contributed by atoms with van der Waals surface area (Å²) >= 11 is 0. The molecule has 1 fully saturated rings. The zero-order valence-electron chi connectivity index (χ0n) is 14.9. The third-order valence-corrected chi connectivity index (χ3v) is 4.83. The normalized spacial score (nSPS) is 19.6. The Morgan fingerprint density at radius 1 is 1.44 bits per heavy atom. The topological polar surface area (TPSA) is 70.4 Å². The van der Waals surface area contributed by atoms with Crippen molar-refractivity contribution in [1.29, 1.82) is 0 Å². The lowest BCUT2D eigenvalue weighted by Crippen LogP contribution is -2.38. The average Bonchev–Trinajstić information content (AvgIpc) is 3.02. The minimum Gasteiger partial charge on any atom is -0.385 e. The molecule has 0 aliphatic carbocycles. The van der Waals surface area contributed by atoms with E-state index in [2.05, 4.69) is 15.2 Å². The highest BCUT2D eigenvalue weighted by atomic mass is 16.3. The molecule has 134 valence electrons. The van der Waals surface area contributed by atoms with Crippen LogP contribution >= 0.6 is 0 Å². The number of aromatic nitrogens is 2. The molecule has 3 rings (SSSR count). The fraction of sp³-hybridized carbons (Fsp3) is 0.474. The molecule has 1 aromatic heterocycles. The number of hydrogen-bond donors (Lipinski definition) is 2. The summed E-state index contributed by atoms with van der Waals surface area (Å²) in [5.41, 5.74) is 1.96. The van der Waals surface area contributed by atoms with Crippen LogP contribution in [0, 0.1) is 5.92 Å². The van der Waals surface area contributed by atoms with E-state index in [0.717, 1.165) is 49.6 Å². The highest BCUT2D eigenvalue weighted by Crippen LogP contribution is 2.30. The van der Waals surface area contributed by atoms with Crippen molar-refractivity contribution in [2.45, 2.75) is 32.4 Å². The molecule has 25 heavy (non-hydrogen) atoms. The molecule has 0 radical (unpaired) electrons. The van der Waals surface area contributed by atoms with Gasteiger partial charge < -0.3 is 15.0 Å². The van der Waals surface area contributed by atoms with Crippen molar-refractivity contribution in [2.75, 3.05) is 18.4 Å². The number of benzene rings is 1. The van der Waals surface area contributed by atoms with E-state index >= 15 is 0 Å². The molecule has 2 atom stereocenters. The lowest BCUT2D eigenvalue weighted by Gasteiger charge is -2.35. The van der Waals surface area contributed by atoms with Crippen molar-refractivity contribution in [2.24, 2.45) is 13.0 Å². The minimum atomic E-state index is -0.548. The second-order valence-corrected chi connectivity index (χ2v) is 6.82. The van der Waals surface area contributed by atoms with E-state index < -0.39 is 6.10 Å². The predicted octanol–water partition coefficient (Wildman–Crippen LogP) is 2.32. The van der Waals surface area contributed by atoms with E-state index in [-0.39, 0.29) is 11.8 Å². The Kier molecular flexibility index (Phi) is 5.50. The fourth-order valence-corrected chi connectivity index (χ4v) is 3.58. The maximum atomic E-state index is 11.4. The Morgan fingerprint density at radius 3 is 2.96 bits per heavy atom. The van der Waals surface area contributed by atoms with Crippen molar-refractivity contribution in [3.05, 3.63) is 48.0 Å². The van der Waals surface area contributed by atoms with E-state index in [4.69, 9.17) is 0 Å². The van der Waals surface area contributed by atoms with E-state index in [1.54, 1.807) is 6.20 Å². The maximum Gasteiger partial charge on any atom is 0.221 e. The molecular formula is C19H26N4O2. The molecule has 0 saturated carbocycles. The number of carbonyl (C=O) groups is 1. The molecule has 6 heteroatoms. The van der Waals surface area contributed by atoms with Gasteiger partial charge in [-0.05, 0) is 31.0 Å². The van der Waals surface area contributed by atoms with Crippen LogP contribution in [0.4, 0.5) is 5.69 Å². The van der Waals surface area contributed by atoms with Crippen LogP contribution in [0.15, 0.2) is 36.7 Å². The number of hydrogen-bond acceptors (Lipinski definition) is 4. The molecule has 0 bridgehead atoms. The summed E-state index contributed by atoms with van der Waals surface area (Å²) in [6.45, 7) is 4.11. The van der Waals surface area contributed by atoms with Gasteiger partial charge in [0.2, 0.25) is 5.91 Å². The van der Waals surface area contributed by atoms with Gasteiger partial charge in [-0.3, -0.25) is 9.69 Å². The number of aliphatic hydroxyl groups is 1. The van der Waals surface area contributed by atoms with Crippen molar-refractivity contribution in [1.82, 2.24) is 14.5 Å². The number of aliphatic hydroxyl groups excluding tert-OH is 1. The summed E-state index contributed by atoms with van der Waals surface area (Å²) in [4.78, 5) is 18.0. The molecule has 2 N–H and O–H groups in total. The fourth-order valence-electron chi connectivity index (χ4n) is 3.58. The van der Waals surface area contributed by atoms with Crippen LogP contribution < -0.4 is 5.32 Å². The van der Waals surface area contributed by atoms with Gasteiger partial charge in [0.1, 0.15) is 11.9 Å². The molecule has 0 spiro atoms. The number of amides is 1. The van der Waals surface area contributed by atoms with E-state index in [1.165, 1.54) is 6.92 Å². The summed E-state index contributed by atoms with van der Waals surface area (Å²) in [5.74, 6) is 0.836. The Morgan fingerprint density at radius 2 is 2.24 bits per heavy atom. The summed E-state index contributed by atoms with van der Waals surface area (Å²) in [5, 5.41) is 13.6. The molecule has 1 aliphatic heterocycles. The average molecular weight is 342 g/mol. The predicted molar refractivity (Wildman–Crippen MR) is 96.9 cm³/mol. The van der Waals surface area contributed by atoms with Gasteiger partial charge >= 0.3 is 0 Å². The number of likely N-dealkylation sites (tertiary alicyclic amines) is 1. The molecule has 2 heterocycles. The maximum absolute atomic E-state index is 11.4. The summed E-state index contributed by atoms with van der Waals surface area (Å²) in [6.07, 6.45) is 5.09. The number of piperidine rings is 1. The lowest BCUT2D eigenvalue weighted by molar-refractivity contribution is -0.114. The molecule has 2 unspecified atom stereocenters. The number of nitrogens with zero attached hydrogens (tertiary/aromatic N) is 3. The number of aryl methyl sites for hydroxylation is 1. The van der Waals surface area contributed by atoms with Gasteiger partial charge in [-0.25, -0.2) is 4.98 Å². The Hall–Kier alpha value is -2.18. The standard InChI is InChI=1S/C19H26N4O2/c1-14(24)21-17-8-4-3-6-15(17)12-23-10-5-7-16(13-23)18(25)19-20-9-11-22(19)2/h3-4,6,8-9,11,16,18,25H,5,7,10,12-13H2,1-2H3,(H,21,24). The van der Waals surface area contributed by atoms with Crippen LogP contribution in [-0.4, -0.2) is 38.6 Å². The molecule has 1 aromatic carbocycles. The summed E-state index contributed by atoms with van der Waals surface area (Å²) < 4.78 is 1.88. The van der Waals surface area contributed by atoms with Crippen molar-refractivity contribution < 1.29 is 9.90 Å². The first kappa shape index (κ1) is 17.6. The zero-order valence-corrected chi connectivity index (χ0v) is 14.9. The number of imidazole rings is 1. The van der Waals surface area contributed by atoms with Crippen LogP contribution in [0.1, 0.15) is 37.3 Å². The van der Waals surface area contributed by atoms with Crippen LogP contribution in [0.3, 0.4) is 0 Å². The summed E-state index contributed by atoms with van der Waals surface area (Å²) in [6, 6.07) is 7.90. The Bertz CT molecular complexity index is 728. The monoisotopic (exact) mass is 342 g/mol. The number of para-hydroxylation sites is 1. The van der Waals surface area contributed by atoms with E-state index in [1.807, 2.05) is 42.1 Å². The highest BCUT2D eigenvalue weighted by molar-refractivity contribution is 5.89. The van der Waals surface area contributed by atoms with Gasteiger partial charge in [-0.1, -0.05) is 18.2 Å². The van der Waals surface area contributed by atoms with Gasteiger partial charge in [0.05, 0.1) is 0 Å². The van der Waals surface area contributed by atoms with Crippen LogP contribution in [0.25, 0.3) is 0 Å². The molecule has 1 aliphatic rings. The molecule has 1 amide bonds. The van der Waals surface area contributed by atoms with Crippen molar-refractivity contribution >= 4 is 11.6 Å². The second kappa shape index (κ2) is 7.80. The number of nitrogens with one attached hydrogen (secondary N) is 1. The SMILES string of the molecule is CC(=O)Nc1ccccc1CN1CCCC(C(O)c2nccn2C)C1. The second-order valence-electron chi connectivity index (χ2n) is 6.82. The number of carbonyl (C=O) groups excluding carboxylic acids is 1. The lowest BCUT2D eigenvalue weighted by atomic mass is 9.91. The smallest absolute Gasteiger partial charge is 0.221 e. The first-order valence-corrected chi connectivity index (χ1v) is 8.77. The quantitative estimate of drug-likeness (QED) is 0.875. The largest absolute Gasteiger partial charge is 0.385 e. The van der Waals surface area contributed by atoms with Crippen molar-refractivity contribution in [3.63, 3.8) is 0 Å². The summed E-state index contributed by atoms with van der Waals surface area (Å²) in [7, 11) is 1.91. The van der Waals surface area contributed by atoms with Crippen LogP contribution in [-0.2, 0) is 18.4 Å². The Labute approximate surface area is 148 Å². The first-order valence-electron chi connectivity index (χ1n) is 8.77. The highest BCUT2D eigenvalue weighted by Gasteiger charge is 2.29. The van der Waals surface area contributed by atoms with E-state index in [0.29, 0.717) is 0 Å². The van der Waals surface area contributed by atoms with Gasteiger partial charge in [0.15, 0.2) is 0 Å². The van der Waals surface area contributed by atoms with Gasteiger partial charge in [-0.2, -0.15) is 0 Å². The molecule has 6 nitrogen and oxygen atoms in total. The van der Waals surface area contributed by atoms with Crippen LogP contribution in [0.2, 0.25) is 0 Å². The van der Waals surface area contributed by atoms with Gasteiger partial charge in [0, 0.05) is 51.1 Å². The third kappa shape index (κ3) is 4.27. The van der Waals surface area contributed by atoms with E-state index in [9.17, 15) is 9.90 Å². The number of anilines is 1. The Balaban J connectivity index is 1.68. The molecule has 2 aromatic rings. The minimum absolute atomic E-state index is 0.0609. The third-order valence-electron chi connectivity index (χ3n) is 4.83. The van der Waals surface area contributed by atoms with Gasteiger partial charge in [0.25, 0.3) is 0 Å². The number of rotatable bonds is 5. The van der Waals surface area contributed by atoms with Crippen molar-refractivity contribution in [3.8, 4) is 0 Å². The zero-order chi connectivity index (χ0) is 17.8.